The molecule has 1 heterocycles. The van der Waals surface area contributed by atoms with Crippen molar-refractivity contribution in [3.05, 3.63) is 6.20 Å². The number of hydrogen-bond donors (Lipinski definition) is 2. The van der Waals surface area contributed by atoms with Gasteiger partial charge in [-0.1, -0.05) is 20.8 Å². The van der Waals surface area contributed by atoms with Gasteiger partial charge < -0.3 is 5.73 Å². The Bertz CT molecular complexity index is 465. The van der Waals surface area contributed by atoms with Crippen LogP contribution in [-0.4, -0.2) is 24.0 Å². The number of nitrogen functional groups attached to an aromatic ring is 1. The minimum absolute atomic E-state index is 0.0211. The van der Waals surface area contributed by atoms with Gasteiger partial charge in [0.2, 0.25) is 10.0 Å². The Kier molecular flexibility index (Phi) is 3.71. The zero-order valence-corrected chi connectivity index (χ0v) is 11.5. The first-order valence-electron chi connectivity index (χ1n) is 5.39. The molecule has 0 radical (unpaired) electrons. The molecule has 98 valence electrons. The molecule has 1 rings (SSSR count). The van der Waals surface area contributed by atoms with E-state index in [9.17, 15) is 8.42 Å². The largest absolute Gasteiger partial charge is 0.394 e. The van der Waals surface area contributed by atoms with Gasteiger partial charge in [0.25, 0.3) is 0 Å². The van der Waals surface area contributed by atoms with Crippen molar-refractivity contribution in [2.24, 2.45) is 12.5 Å². The SMILES string of the molecule is Cn1ncc(N)c1NS(=O)(=O)CCC(C)(C)C. The van der Waals surface area contributed by atoms with Crippen LogP contribution in [0.3, 0.4) is 0 Å². The van der Waals surface area contributed by atoms with Crippen molar-refractivity contribution >= 4 is 21.5 Å². The van der Waals surface area contributed by atoms with E-state index < -0.39 is 10.0 Å². The van der Waals surface area contributed by atoms with Gasteiger partial charge in [-0.2, -0.15) is 5.10 Å². The predicted octanol–water partition coefficient (Wildman–Crippen LogP) is 1.18. The van der Waals surface area contributed by atoms with Gasteiger partial charge in [-0.25, -0.2) is 8.42 Å². The van der Waals surface area contributed by atoms with E-state index in [1.54, 1.807) is 7.05 Å². The van der Waals surface area contributed by atoms with Gasteiger partial charge in [0.05, 0.1) is 17.6 Å². The molecule has 1 aromatic rings. The van der Waals surface area contributed by atoms with Crippen molar-refractivity contribution in [1.82, 2.24) is 9.78 Å². The molecule has 3 N–H and O–H groups in total. The van der Waals surface area contributed by atoms with E-state index in [1.807, 2.05) is 20.8 Å². The normalized spacial score (nSPS) is 12.7. The topological polar surface area (TPSA) is 90.0 Å². The van der Waals surface area contributed by atoms with E-state index in [1.165, 1.54) is 10.9 Å². The fraction of sp³-hybridized carbons (Fsp3) is 0.700. The summed E-state index contributed by atoms with van der Waals surface area (Å²) in [7, 11) is -1.74. The summed E-state index contributed by atoms with van der Waals surface area (Å²) in [5.41, 5.74) is 5.92. The van der Waals surface area contributed by atoms with Crippen LogP contribution in [0.4, 0.5) is 11.5 Å². The number of nitrogens with two attached hydrogens (primary N) is 1. The van der Waals surface area contributed by atoms with E-state index >= 15 is 0 Å². The molecular formula is C10H20N4O2S. The Morgan fingerprint density at radius 1 is 1.47 bits per heavy atom. The molecule has 0 saturated carbocycles. The summed E-state index contributed by atoms with van der Waals surface area (Å²) in [5, 5.41) is 3.87. The summed E-state index contributed by atoms with van der Waals surface area (Å²) in [4.78, 5) is 0. The molecule has 7 heteroatoms. The van der Waals surface area contributed by atoms with Gasteiger partial charge in [-0.05, 0) is 11.8 Å². The summed E-state index contributed by atoms with van der Waals surface area (Å²) >= 11 is 0. The lowest BCUT2D eigenvalue weighted by Crippen LogP contribution is -2.22. The highest BCUT2D eigenvalue weighted by Crippen LogP contribution is 2.22. The van der Waals surface area contributed by atoms with Crippen LogP contribution in [-0.2, 0) is 17.1 Å². The van der Waals surface area contributed by atoms with Gasteiger partial charge in [-0.3, -0.25) is 9.40 Å². The summed E-state index contributed by atoms with van der Waals surface area (Å²) in [6, 6.07) is 0. The van der Waals surface area contributed by atoms with Gasteiger partial charge in [0.1, 0.15) is 0 Å². The van der Waals surface area contributed by atoms with Gasteiger partial charge in [0, 0.05) is 7.05 Å². The minimum atomic E-state index is -3.37. The van der Waals surface area contributed by atoms with Crippen molar-refractivity contribution < 1.29 is 8.42 Å². The molecule has 0 spiro atoms. The highest BCUT2D eigenvalue weighted by Gasteiger charge is 2.19. The number of hydrogen-bond acceptors (Lipinski definition) is 4. The molecule has 0 fully saturated rings. The Hall–Kier alpha value is -1.24. The smallest absolute Gasteiger partial charge is 0.233 e. The third kappa shape index (κ3) is 4.26. The predicted molar refractivity (Wildman–Crippen MR) is 69.1 cm³/mol. The number of nitrogens with zero attached hydrogens (tertiary/aromatic N) is 2. The third-order valence-electron chi connectivity index (χ3n) is 2.34. The second-order valence-electron chi connectivity index (χ2n) is 5.30. The van der Waals surface area contributed by atoms with Gasteiger partial charge in [0.15, 0.2) is 5.82 Å². The van der Waals surface area contributed by atoms with Crippen LogP contribution in [0.1, 0.15) is 27.2 Å². The van der Waals surface area contributed by atoms with Crippen LogP contribution in [0.5, 0.6) is 0 Å². The fourth-order valence-electron chi connectivity index (χ4n) is 1.22. The third-order valence-corrected chi connectivity index (χ3v) is 3.59. The molecule has 0 aliphatic heterocycles. The quantitative estimate of drug-likeness (QED) is 0.850. The lowest BCUT2D eigenvalue weighted by molar-refractivity contribution is 0.397. The van der Waals surface area contributed by atoms with Crippen molar-refractivity contribution in [3.8, 4) is 0 Å². The molecule has 0 bridgehead atoms. The lowest BCUT2D eigenvalue weighted by Gasteiger charge is -2.18. The molecule has 0 aliphatic carbocycles. The van der Waals surface area contributed by atoms with Crippen LogP contribution in [0.25, 0.3) is 0 Å². The molecule has 0 saturated heterocycles. The maximum absolute atomic E-state index is 11.8. The van der Waals surface area contributed by atoms with E-state index in [0.717, 1.165) is 0 Å². The number of aryl methyl sites for hydroxylation is 1. The Morgan fingerprint density at radius 2 is 2.06 bits per heavy atom. The number of aromatic nitrogens is 2. The maximum atomic E-state index is 11.8. The molecule has 0 aliphatic rings. The Balaban J connectivity index is 2.74. The van der Waals surface area contributed by atoms with Crippen LogP contribution in [0.2, 0.25) is 0 Å². The van der Waals surface area contributed by atoms with E-state index in [4.69, 9.17) is 5.73 Å². The highest BCUT2D eigenvalue weighted by molar-refractivity contribution is 7.92. The first-order chi connectivity index (χ1) is 7.61. The molecule has 17 heavy (non-hydrogen) atoms. The van der Waals surface area contributed by atoms with Crippen molar-refractivity contribution in [2.75, 3.05) is 16.2 Å². The lowest BCUT2D eigenvalue weighted by atomic mass is 9.94. The molecule has 0 unspecified atom stereocenters. The molecule has 6 nitrogen and oxygen atoms in total. The molecule has 0 atom stereocenters. The molecule has 0 aromatic carbocycles. The van der Waals surface area contributed by atoms with Gasteiger partial charge in [-0.15, -0.1) is 0 Å². The Labute approximate surface area is 102 Å². The standard InChI is InChI=1S/C10H20N4O2S/c1-10(2,3)5-6-17(15,16)13-9-8(11)7-12-14(9)4/h7,13H,5-6,11H2,1-4H3. The average molecular weight is 260 g/mol. The van der Waals surface area contributed by atoms with Crippen LogP contribution in [0.15, 0.2) is 6.20 Å². The number of sulfonamides is 1. The first-order valence-corrected chi connectivity index (χ1v) is 7.04. The fourth-order valence-corrected chi connectivity index (χ4v) is 2.75. The first kappa shape index (κ1) is 13.8. The average Bonchev–Trinajstić information content (AvgIpc) is 2.45. The zero-order chi connectivity index (χ0) is 13.3. The molecular weight excluding hydrogens is 240 g/mol. The zero-order valence-electron chi connectivity index (χ0n) is 10.7. The number of rotatable bonds is 4. The summed E-state index contributed by atoms with van der Waals surface area (Å²) in [5.74, 6) is 0.389. The number of nitrogens with one attached hydrogen (secondary N) is 1. The van der Waals surface area contributed by atoms with Crippen LogP contribution >= 0.6 is 0 Å². The van der Waals surface area contributed by atoms with E-state index in [2.05, 4.69) is 9.82 Å². The summed E-state index contributed by atoms with van der Waals surface area (Å²) < 4.78 is 27.5. The van der Waals surface area contributed by atoms with E-state index in [0.29, 0.717) is 17.9 Å². The number of anilines is 2. The van der Waals surface area contributed by atoms with E-state index in [-0.39, 0.29) is 11.2 Å². The summed E-state index contributed by atoms with van der Waals surface area (Å²) in [6.45, 7) is 6.00. The molecule has 1 aromatic heterocycles. The highest BCUT2D eigenvalue weighted by atomic mass is 32.2. The minimum Gasteiger partial charge on any atom is -0.394 e. The van der Waals surface area contributed by atoms with Gasteiger partial charge >= 0.3 is 0 Å². The van der Waals surface area contributed by atoms with Crippen molar-refractivity contribution in [1.29, 1.82) is 0 Å². The summed E-state index contributed by atoms with van der Waals surface area (Å²) in [6.07, 6.45) is 2.00. The second-order valence-corrected chi connectivity index (χ2v) is 7.15. The maximum Gasteiger partial charge on any atom is 0.233 e. The van der Waals surface area contributed by atoms with Crippen LogP contribution in [0, 0.1) is 5.41 Å². The van der Waals surface area contributed by atoms with Crippen molar-refractivity contribution in [2.45, 2.75) is 27.2 Å². The van der Waals surface area contributed by atoms with Crippen LogP contribution < -0.4 is 10.5 Å². The molecule has 0 amide bonds. The monoisotopic (exact) mass is 260 g/mol. The van der Waals surface area contributed by atoms with Crippen molar-refractivity contribution in [3.63, 3.8) is 0 Å². The second kappa shape index (κ2) is 4.56. The Morgan fingerprint density at radius 3 is 2.47 bits per heavy atom.